The van der Waals surface area contributed by atoms with Gasteiger partial charge in [-0.3, -0.25) is 0 Å². The van der Waals surface area contributed by atoms with Crippen molar-refractivity contribution in [2.75, 3.05) is 0 Å². The van der Waals surface area contributed by atoms with Crippen molar-refractivity contribution >= 4 is 24.0 Å². The van der Waals surface area contributed by atoms with Crippen molar-refractivity contribution in [2.24, 2.45) is 0 Å². The quantitative estimate of drug-likeness (QED) is 0.453. The molecule has 3 aromatic rings. The Balaban J connectivity index is 1.91. The van der Waals surface area contributed by atoms with Crippen LogP contribution in [-0.4, -0.2) is 8.07 Å². The van der Waals surface area contributed by atoms with E-state index < -0.39 is 8.07 Å². The molecule has 0 heterocycles. The molecule has 3 aromatic carbocycles. The van der Waals surface area contributed by atoms with Crippen LogP contribution in [0.2, 0.25) is 12.1 Å². The van der Waals surface area contributed by atoms with E-state index in [1.807, 2.05) is 0 Å². The zero-order valence-electron chi connectivity index (χ0n) is 14.3. The van der Waals surface area contributed by atoms with Gasteiger partial charge in [0.1, 0.15) is 8.07 Å². The van der Waals surface area contributed by atoms with Gasteiger partial charge in [-0.05, 0) is 22.9 Å². The Morgan fingerprint density at radius 1 is 0.917 bits per heavy atom. The van der Waals surface area contributed by atoms with Crippen molar-refractivity contribution in [3.05, 3.63) is 90.6 Å². The monoisotopic (exact) mass is 326 g/mol. The topological polar surface area (TPSA) is 0 Å². The summed E-state index contributed by atoms with van der Waals surface area (Å²) in [5.41, 5.74) is 3.54. The summed E-state index contributed by atoms with van der Waals surface area (Å²) in [5, 5.41) is 3.88. The number of hydrogen-bond donors (Lipinski definition) is 0. The van der Waals surface area contributed by atoms with E-state index >= 15 is 0 Å². The Kier molecular flexibility index (Phi) is 4.69. The van der Waals surface area contributed by atoms with E-state index in [1.54, 1.807) is 0 Å². The lowest BCUT2D eigenvalue weighted by Crippen LogP contribution is -2.46. The average molecular weight is 327 g/mol. The van der Waals surface area contributed by atoms with Gasteiger partial charge in [0, 0.05) is 11.1 Å². The van der Waals surface area contributed by atoms with Gasteiger partial charge >= 0.3 is 0 Å². The van der Waals surface area contributed by atoms with Crippen LogP contribution < -0.4 is 5.19 Å². The molecule has 24 heavy (non-hydrogen) atoms. The van der Waals surface area contributed by atoms with Crippen LogP contribution in [0, 0.1) is 11.8 Å². The van der Waals surface area contributed by atoms with Gasteiger partial charge in [0.15, 0.2) is 0 Å². The second kappa shape index (κ2) is 6.91. The molecule has 0 radical (unpaired) electrons. The summed E-state index contributed by atoms with van der Waals surface area (Å²) in [5.74, 6) is 6.88. The molecule has 1 heteroatoms. The first-order valence-electron chi connectivity index (χ1n) is 8.33. The van der Waals surface area contributed by atoms with E-state index in [2.05, 4.69) is 110 Å². The highest BCUT2D eigenvalue weighted by molar-refractivity contribution is 6.96. The van der Waals surface area contributed by atoms with E-state index in [0.29, 0.717) is 5.54 Å². The van der Waals surface area contributed by atoms with Crippen molar-refractivity contribution in [2.45, 2.75) is 19.0 Å². The molecule has 0 bridgehead atoms. The van der Waals surface area contributed by atoms with Crippen molar-refractivity contribution in [1.29, 1.82) is 0 Å². The summed E-state index contributed by atoms with van der Waals surface area (Å²) >= 11 is 0. The minimum atomic E-state index is -1.82. The molecule has 0 saturated heterocycles. The van der Waals surface area contributed by atoms with E-state index in [9.17, 15) is 0 Å². The van der Waals surface area contributed by atoms with E-state index in [4.69, 9.17) is 0 Å². The SMILES string of the molecule is C=C[Si](C)(c1ccccc1)C(C)C#Cc1ccc2ccccc2c1. The second-order valence-electron chi connectivity index (χ2n) is 6.41. The van der Waals surface area contributed by atoms with E-state index in [0.717, 1.165) is 5.56 Å². The summed E-state index contributed by atoms with van der Waals surface area (Å²) < 4.78 is 0. The zero-order chi connectivity index (χ0) is 17.0. The van der Waals surface area contributed by atoms with Crippen LogP contribution in [0.1, 0.15) is 12.5 Å². The molecule has 2 unspecified atom stereocenters. The molecule has 0 aliphatic heterocycles. The first kappa shape index (κ1) is 16.3. The van der Waals surface area contributed by atoms with Crippen LogP contribution in [0.25, 0.3) is 10.8 Å². The lowest BCUT2D eigenvalue weighted by atomic mass is 10.1. The predicted octanol–water partition coefficient (Wildman–Crippen LogP) is 5.29. The Labute approximate surface area is 145 Å². The highest BCUT2D eigenvalue weighted by Crippen LogP contribution is 2.22. The van der Waals surface area contributed by atoms with Crippen molar-refractivity contribution in [1.82, 2.24) is 0 Å². The predicted molar refractivity (Wildman–Crippen MR) is 108 cm³/mol. The van der Waals surface area contributed by atoms with Crippen molar-refractivity contribution in [3.8, 4) is 11.8 Å². The molecule has 0 aromatic heterocycles. The van der Waals surface area contributed by atoms with Gasteiger partial charge in [-0.1, -0.05) is 96.9 Å². The zero-order valence-corrected chi connectivity index (χ0v) is 15.3. The first-order valence-corrected chi connectivity index (χ1v) is 11.0. The third kappa shape index (κ3) is 3.20. The molecule has 0 N–H and O–H groups in total. The molecule has 0 amide bonds. The summed E-state index contributed by atoms with van der Waals surface area (Å²) in [7, 11) is -1.82. The normalized spacial score (nSPS) is 14.2. The Morgan fingerprint density at radius 2 is 1.58 bits per heavy atom. The van der Waals surface area contributed by atoms with Gasteiger partial charge in [0.05, 0.1) is 0 Å². The maximum Gasteiger partial charge on any atom is 0.121 e. The van der Waals surface area contributed by atoms with Crippen LogP contribution in [0.4, 0.5) is 0 Å². The number of hydrogen-bond acceptors (Lipinski definition) is 0. The van der Waals surface area contributed by atoms with E-state index in [1.165, 1.54) is 16.0 Å². The van der Waals surface area contributed by atoms with Crippen molar-refractivity contribution in [3.63, 3.8) is 0 Å². The summed E-state index contributed by atoms with van der Waals surface area (Å²) in [6, 6.07) is 25.5. The van der Waals surface area contributed by atoms with Crippen LogP contribution in [-0.2, 0) is 0 Å². The summed E-state index contributed by atoms with van der Waals surface area (Å²) in [4.78, 5) is 0. The molecule has 0 aliphatic rings. The Hall–Kier alpha value is -2.56. The Morgan fingerprint density at radius 3 is 2.29 bits per heavy atom. The lowest BCUT2D eigenvalue weighted by molar-refractivity contribution is 1.19. The fraction of sp³-hybridized carbons (Fsp3) is 0.130. The summed E-state index contributed by atoms with van der Waals surface area (Å²) in [6.07, 6.45) is 0. The van der Waals surface area contributed by atoms with Gasteiger partial charge in [-0.25, -0.2) is 0 Å². The van der Waals surface area contributed by atoms with Gasteiger partial charge in [-0.15, -0.1) is 6.58 Å². The lowest BCUT2D eigenvalue weighted by Gasteiger charge is -2.27. The van der Waals surface area contributed by atoms with Crippen LogP contribution in [0.5, 0.6) is 0 Å². The molecular weight excluding hydrogens is 304 g/mol. The minimum absolute atomic E-state index is 0.309. The van der Waals surface area contributed by atoms with Gasteiger partial charge in [-0.2, -0.15) is 0 Å². The van der Waals surface area contributed by atoms with Crippen LogP contribution >= 0.6 is 0 Å². The standard InChI is InChI=1S/C23H22Si/c1-4-24(3,23-12-6-5-7-13-23)19(2)14-15-20-16-17-21-10-8-9-11-22(21)18-20/h4-13,16-19H,1H2,2-3H3. The average Bonchev–Trinajstić information content (AvgIpc) is 2.66. The van der Waals surface area contributed by atoms with Gasteiger partial charge in [0.2, 0.25) is 0 Å². The first-order chi connectivity index (χ1) is 11.6. The van der Waals surface area contributed by atoms with E-state index in [-0.39, 0.29) is 0 Å². The van der Waals surface area contributed by atoms with Gasteiger partial charge in [0.25, 0.3) is 0 Å². The molecule has 118 valence electrons. The Bertz CT molecular complexity index is 915. The minimum Gasteiger partial charge on any atom is -0.107 e. The molecule has 0 aliphatic carbocycles. The molecular formula is C23H22Si. The second-order valence-corrected chi connectivity index (χ2v) is 10.8. The summed E-state index contributed by atoms with van der Waals surface area (Å²) in [6.45, 7) is 8.69. The molecule has 0 spiro atoms. The third-order valence-corrected chi connectivity index (χ3v) is 9.27. The highest BCUT2D eigenvalue weighted by Gasteiger charge is 2.31. The maximum atomic E-state index is 4.12. The number of fused-ring (bicyclic) bond motifs is 1. The smallest absolute Gasteiger partial charge is 0.107 e. The van der Waals surface area contributed by atoms with Crippen LogP contribution in [0.15, 0.2) is 85.1 Å². The van der Waals surface area contributed by atoms with Gasteiger partial charge < -0.3 is 0 Å². The van der Waals surface area contributed by atoms with Crippen LogP contribution in [0.3, 0.4) is 0 Å². The van der Waals surface area contributed by atoms with Crippen molar-refractivity contribution < 1.29 is 0 Å². The third-order valence-electron chi connectivity index (χ3n) is 4.90. The molecule has 0 fully saturated rings. The maximum absolute atomic E-state index is 4.12. The molecule has 0 saturated carbocycles. The largest absolute Gasteiger partial charge is 0.121 e. The highest BCUT2D eigenvalue weighted by atomic mass is 28.3. The molecule has 0 nitrogen and oxygen atoms in total. The molecule has 3 rings (SSSR count). The molecule has 2 atom stereocenters. The fourth-order valence-electron chi connectivity index (χ4n) is 2.95. The number of rotatable bonds is 3. The number of benzene rings is 3. The fourth-order valence-corrected chi connectivity index (χ4v) is 5.32.